The first-order valence-electron chi connectivity index (χ1n) is 8.45. The van der Waals surface area contributed by atoms with Crippen LogP contribution in [-0.4, -0.2) is 29.1 Å². The summed E-state index contributed by atoms with van der Waals surface area (Å²) in [5.74, 6) is -0.150. The number of thioether (sulfide) groups is 1. The molecule has 0 aliphatic carbocycles. The van der Waals surface area contributed by atoms with Crippen molar-refractivity contribution in [1.82, 2.24) is 9.55 Å². The third kappa shape index (κ3) is 4.57. The Morgan fingerprint density at radius 1 is 1.32 bits per heavy atom. The second kappa shape index (κ2) is 8.24. The van der Waals surface area contributed by atoms with Crippen molar-refractivity contribution in [2.24, 2.45) is 5.14 Å². The van der Waals surface area contributed by atoms with E-state index in [0.29, 0.717) is 22.9 Å². The van der Waals surface area contributed by atoms with E-state index >= 15 is 0 Å². The SMILES string of the molecule is CCn1c(SC(C)C(=O)Nc2cccc(Br)c2)nc2cc(S(N)(=O)=O)ccc21. The maximum atomic E-state index is 12.5. The van der Waals surface area contributed by atoms with E-state index in [-0.39, 0.29) is 10.8 Å². The van der Waals surface area contributed by atoms with Crippen LogP contribution in [0.25, 0.3) is 11.0 Å². The molecule has 0 saturated heterocycles. The Balaban J connectivity index is 1.85. The molecule has 3 rings (SSSR count). The van der Waals surface area contributed by atoms with Gasteiger partial charge in [0.15, 0.2) is 5.16 Å². The fraction of sp³-hybridized carbons (Fsp3) is 0.222. The zero-order chi connectivity index (χ0) is 20.5. The molecule has 1 heterocycles. The number of aryl methyl sites for hydroxylation is 1. The zero-order valence-electron chi connectivity index (χ0n) is 15.2. The Labute approximate surface area is 175 Å². The van der Waals surface area contributed by atoms with Gasteiger partial charge in [0.25, 0.3) is 0 Å². The van der Waals surface area contributed by atoms with Crippen molar-refractivity contribution in [3.8, 4) is 0 Å². The number of rotatable bonds is 6. The standard InChI is InChI=1S/C18H19BrN4O3S2/c1-3-23-16-8-7-14(28(20,25)26)10-15(16)22-18(23)27-11(2)17(24)21-13-6-4-5-12(19)9-13/h4-11H,3H2,1-2H3,(H,21,24)(H2,20,25,26). The van der Waals surface area contributed by atoms with Crippen LogP contribution >= 0.6 is 27.7 Å². The number of nitrogens with two attached hydrogens (primary N) is 1. The number of anilines is 1. The zero-order valence-corrected chi connectivity index (χ0v) is 18.4. The Hall–Kier alpha value is -1.88. The number of fused-ring (bicyclic) bond motifs is 1. The Morgan fingerprint density at radius 3 is 2.71 bits per heavy atom. The molecule has 7 nitrogen and oxygen atoms in total. The van der Waals surface area contributed by atoms with Crippen LogP contribution in [0.4, 0.5) is 5.69 Å². The van der Waals surface area contributed by atoms with Crippen molar-refractivity contribution in [2.45, 2.75) is 35.7 Å². The van der Waals surface area contributed by atoms with Gasteiger partial charge in [0.1, 0.15) is 0 Å². The van der Waals surface area contributed by atoms with Crippen molar-refractivity contribution >= 4 is 60.3 Å². The maximum absolute atomic E-state index is 12.5. The summed E-state index contributed by atoms with van der Waals surface area (Å²) >= 11 is 4.69. The number of halogens is 1. The molecule has 0 radical (unpaired) electrons. The molecule has 0 aliphatic heterocycles. The normalized spacial score (nSPS) is 12.9. The number of carbonyl (C=O) groups is 1. The number of imidazole rings is 1. The molecule has 1 aromatic heterocycles. The number of hydrogen-bond donors (Lipinski definition) is 2. The fourth-order valence-electron chi connectivity index (χ4n) is 2.68. The van der Waals surface area contributed by atoms with Crippen molar-refractivity contribution in [2.75, 3.05) is 5.32 Å². The molecule has 1 amide bonds. The fourth-order valence-corrected chi connectivity index (χ4v) is 4.60. The van der Waals surface area contributed by atoms with Gasteiger partial charge >= 0.3 is 0 Å². The minimum Gasteiger partial charge on any atom is -0.325 e. The van der Waals surface area contributed by atoms with Crippen molar-refractivity contribution < 1.29 is 13.2 Å². The molecular weight excluding hydrogens is 464 g/mol. The van der Waals surface area contributed by atoms with Crippen LogP contribution in [0.2, 0.25) is 0 Å². The summed E-state index contributed by atoms with van der Waals surface area (Å²) in [4.78, 5) is 17.1. The monoisotopic (exact) mass is 482 g/mol. The molecule has 0 aliphatic rings. The molecule has 2 aromatic carbocycles. The van der Waals surface area contributed by atoms with Crippen LogP contribution in [0.3, 0.4) is 0 Å². The molecule has 3 aromatic rings. The third-order valence-corrected chi connectivity index (χ3v) is 6.57. The Kier molecular flexibility index (Phi) is 6.13. The lowest BCUT2D eigenvalue weighted by atomic mass is 10.3. The molecule has 10 heteroatoms. The van der Waals surface area contributed by atoms with E-state index < -0.39 is 15.3 Å². The minimum absolute atomic E-state index is 0.0118. The van der Waals surface area contributed by atoms with Gasteiger partial charge in [-0.3, -0.25) is 4.79 Å². The van der Waals surface area contributed by atoms with E-state index in [2.05, 4.69) is 26.2 Å². The van der Waals surface area contributed by atoms with Gasteiger partial charge in [-0.2, -0.15) is 0 Å². The first kappa shape index (κ1) is 20.8. The molecule has 0 saturated carbocycles. The highest BCUT2D eigenvalue weighted by Crippen LogP contribution is 2.29. The van der Waals surface area contributed by atoms with Crippen molar-refractivity contribution in [1.29, 1.82) is 0 Å². The molecule has 3 N–H and O–H groups in total. The van der Waals surface area contributed by atoms with Crippen LogP contribution in [0.15, 0.2) is 57.0 Å². The van der Waals surface area contributed by atoms with Crippen LogP contribution in [-0.2, 0) is 21.4 Å². The average molecular weight is 483 g/mol. The molecule has 148 valence electrons. The van der Waals surface area contributed by atoms with Gasteiger partial charge in [0, 0.05) is 16.7 Å². The summed E-state index contributed by atoms with van der Waals surface area (Å²) in [5, 5.41) is 8.32. The lowest BCUT2D eigenvalue weighted by molar-refractivity contribution is -0.115. The molecule has 1 atom stereocenters. The first-order chi connectivity index (χ1) is 13.2. The predicted octanol–water partition coefficient (Wildman–Crippen LogP) is 3.59. The number of amides is 1. The van der Waals surface area contributed by atoms with E-state index in [9.17, 15) is 13.2 Å². The molecule has 28 heavy (non-hydrogen) atoms. The van der Waals surface area contributed by atoms with Crippen LogP contribution in [0.1, 0.15) is 13.8 Å². The average Bonchev–Trinajstić information content (AvgIpc) is 2.97. The first-order valence-corrected chi connectivity index (χ1v) is 11.7. The topological polar surface area (TPSA) is 107 Å². The number of sulfonamides is 1. The highest BCUT2D eigenvalue weighted by atomic mass is 79.9. The Bertz CT molecular complexity index is 1140. The Morgan fingerprint density at radius 2 is 2.07 bits per heavy atom. The summed E-state index contributed by atoms with van der Waals surface area (Å²) in [6, 6.07) is 12.0. The minimum atomic E-state index is -3.80. The number of nitrogens with zero attached hydrogens (tertiary/aromatic N) is 2. The van der Waals surface area contributed by atoms with Gasteiger partial charge in [-0.1, -0.05) is 33.8 Å². The van der Waals surface area contributed by atoms with Gasteiger partial charge in [-0.25, -0.2) is 18.5 Å². The van der Waals surface area contributed by atoms with Gasteiger partial charge in [0.2, 0.25) is 15.9 Å². The van der Waals surface area contributed by atoms with Gasteiger partial charge in [0.05, 0.1) is 21.2 Å². The number of nitrogens with one attached hydrogen (secondary N) is 1. The molecule has 0 bridgehead atoms. The second-order valence-corrected chi connectivity index (χ2v) is 9.88. The van der Waals surface area contributed by atoms with Crippen LogP contribution in [0, 0.1) is 0 Å². The lowest BCUT2D eigenvalue weighted by Crippen LogP contribution is -2.22. The third-order valence-electron chi connectivity index (χ3n) is 4.07. The summed E-state index contributed by atoms with van der Waals surface area (Å²) in [6.07, 6.45) is 0. The van der Waals surface area contributed by atoms with Gasteiger partial charge in [-0.05, 0) is 50.2 Å². The largest absolute Gasteiger partial charge is 0.325 e. The number of benzene rings is 2. The van der Waals surface area contributed by atoms with Gasteiger partial charge < -0.3 is 9.88 Å². The molecule has 0 spiro atoms. The van der Waals surface area contributed by atoms with Crippen molar-refractivity contribution in [3.63, 3.8) is 0 Å². The van der Waals surface area contributed by atoms with Crippen molar-refractivity contribution in [3.05, 3.63) is 46.9 Å². The summed E-state index contributed by atoms with van der Waals surface area (Å²) in [6.45, 7) is 4.39. The molecule has 1 unspecified atom stereocenters. The maximum Gasteiger partial charge on any atom is 0.238 e. The number of hydrogen-bond acceptors (Lipinski definition) is 5. The highest BCUT2D eigenvalue weighted by Gasteiger charge is 2.20. The van der Waals surface area contributed by atoms with Gasteiger partial charge in [-0.15, -0.1) is 0 Å². The summed E-state index contributed by atoms with van der Waals surface area (Å²) in [5.41, 5.74) is 2.01. The quantitative estimate of drug-likeness (QED) is 0.522. The van der Waals surface area contributed by atoms with E-state index in [0.717, 1.165) is 9.99 Å². The van der Waals surface area contributed by atoms with E-state index in [1.165, 1.54) is 23.9 Å². The molecular formula is C18H19BrN4O3S2. The predicted molar refractivity (Wildman–Crippen MR) is 115 cm³/mol. The smallest absolute Gasteiger partial charge is 0.238 e. The lowest BCUT2D eigenvalue weighted by Gasteiger charge is -2.13. The second-order valence-electron chi connectivity index (χ2n) is 6.09. The summed E-state index contributed by atoms with van der Waals surface area (Å²) in [7, 11) is -3.80. The van der Waals surface area contributed by atoms with E-state index in [4.69, 9.17) is 5.14 Å². The number of primary sulfonamides is 1. The van der Waals surface area contributed by atoms with E-state index in [1.807, 2.05) is 35.8 Å². The molecule has 0 fully saturated rings. The van der Waals surface area contributed by atoms with Crippen LogP contribution in [0.5, 0.6) is 0 Å². The number of carbonyl (C=O) groups excluding carboxylic acids is 1. The summed E-state index contributed by atoms with van der Waals surface area (Å²) < 4.78 is 26.0. The number of aromatic nitrogens is 2. The highest BCUT2D eigenvalue weighted by molar-refractivity contribution is 9.10. The van der Waals surface area contributed by atoms with E-state index in [1.54, 1.807) is 13.0 Å². The van der Waals surface area contributed by atoms with Crippen LogP contribution < -0.4 is 10.5 Å².